The molecule has 1 heterocycles. The fourth-order valence-electron chi connectivity index (χ4n) is 3.62. The molecule has 0 aliphatic carbocycles. The minimum atomic E-state index is -0.240. The fourth-order valence-corrected chi connectivity index (χ4v) is 3.75. The third-order valence-corrected chi connectivity index (χ3v) is 5.38. The number of methoxy groups -OCH3 is 1. The fraction of sp³-hybridized carbons (Fsp3) is 0.0769. The topological polar surface area (TPSA) is 59.2 Å². The summed E-state index contributed by atoms with van der Waals surface area (Å²) in [6, 6.07) is 23.6. The van der Waals surface area contributed by atoms with Gasteiger partial charge in [0.05, 0.1) is 29.6 Å². The molecule has 0 unspecified atom stereocenters. The Kier molecular flexibility index (Phi) is 5.74. The van der Waals surface area contributed by atoms with E-state index in [0.29, 0.717) is 38.9 Å². The van der Waals surface area contributed by atoms with Crippen molar-refractivity contribution in [3.05, 3.63) is 101 Å². The van der Waals surface area contributed by atoms with Crippen molar-refractivity contribution >= 4 is 23.2 Å². The molecular formula is C26H20ClNO3. The molecule has 1 aromatic heterocycles. The van der Waals surface area contributed by atoms with Crippen molar-refractivity contribution in [3.63, 3.8) is 0 Å². The number of aromatic nitrogens is 1. The molecule has 0 aliphatic rings. The largest absolute Gasteiger partial charge is 0.497 e. The van der Waals surface area contributed by atoms with Crippen LogP contribution in [0.5, 0.6) is 5.75 Å². The normalized spacial score (nSPS) is 10.7. The number of aromatic amines is 1. The first kappa shape index (κ1) is 20.6. The summed E-state index contributed by atoms with van der Waals surface area (Å²) in [5.74, 6) is 0.226. The maximum Gasteiger partial charge on any atom is 0.195 e. The van der Waals surface area contributed by atoms with Crippen LogP contribution in [0.4, 0.5) is 0 Å². The van der Waals surface area contributed by atoms with Crippen LogP contribution in [0.15, 0.2) is 78.9 Å². The summed E-state index contributed by atoms with van der Waals surface area (Å²) in [4.78, 5) is 29.8. The zero-order valence-corrected chi connectivity index (χ0v) is 17.9. The molecule has 0 radical (unpaired) electrons. The van der Waals surface area contributed by atoms with Crippen LogP contribution in [0.1, 0.15) is 33.2 Å². The van der Waals surface area contributed by atoms with E-state index in [9.17, 15) is 9.59 Å². The second-order valence-corrected chi connectivity index (χ2v) is 7.55. The zero-order chi connectivity index (χ0) is 22.0. The minimum absolute atomic E-state index is 0.188. The number of carbonyl (C=O) groups excluding carboxylic acids is 2. The zero-order valence-electron chi connectivity index (χ0n) is 17.1. The third kappa shape index (κ3) is 4.03. The highest BCUT2D eigenvalue weighted by Crippen LogP contribution is 2.36. The molecule has 0 fully saturated rings. The van der Waals surface area contributed by atoms with E-state index in [1.165, 1.54) is 6.92 Å². The van der Waals surface area contributed by atoms with Gasteiger partial charge in [0.1, 0.15) is 5.75 Å². The lowest BCUT2D eigenvalue weighted by Crippen LogP contribution is -2.08. The number of hydrogen-bond donors (Lipinski definition) is 1. The van der Waals surface area contributed by atoms with Crippen LogP contribution in [0.2, 0.25) is 5.02 Å². The van der Waals surface area contributed by atoms with Gasteiger partial charge >= 0.3 is 0 Å². The highest BCUT2D eigenvalue weighted by atomic mass is 35.5. The molecule has 4 rings (SSSR count). The Balaban J connectivity index is 1.98. The highest BCUT2D eigenvalue weighted by Gasteiger charge is 2.28. The number of benzene rings is 3. The predicted octanol–water partition coefficient (Wildman–Crippen LogP) is 6.44. The number of ketones is 2. The molecule has 0 saturated heterocycles. The predicted molar refractivity (Wildman–Crippen MR) is 123 cm³/mol. The maximum atomic E-state index is 13.6. The van der Waals surface area contributed by atoms with Crippen molar-refractivity contribution in [1.29, 1.82) is 0 Å². The lowest BCUT2D eigenvalue weighted by Gasteiger charge is -2.08. The average molecular weight is 430 g/mol. The van der Waals surface area contributed by atoms with E-state index in [-0.39, 0.29) is 11.6 Å². The molecular weight excluding hydrogens is 410 g/mol. The van der Waals surface area contributed by atoms with Crippen LogP contribution in [0, 0.1) is 0 Å². The smallest absolute Gasteiger partial charge is 0.195 e. The standard InChI is InChI=1S/C26H20ClNO3/c1-16(29)22-23(26(30)19-10-14-21(31-2)15-11-19)25(18-8-12-20(27)13-9-18)28-24(22)17-6-4-3-5-7-17/h3-15,28H,1-2H3. The number of carbonyl (C=O) groups is 2. The molecule has 0 atom stereocenters. The van der Waals surface area contributed by atoms with Crippen molar-refractivity contribution in [2.45, 2.75) is 6.92 Å². The van der Waals surface area contributed by atoms with E-state index in [0.717, 1.165) is 11.1 Å². The third-order valence-electron chi connectivity index (χ3n) is 5.13. The number of halogens is 1. The van der Waals surface area contributed by atoms with Crippen LogP contribution in [-0.4, -0.2) is 23.7 Å². The number of hydrogen-bond acceptors (Lipinski definition) is 3. The molecule has 3 aromatic carbocycles. The molecule has 0 spiro atoms. The summed E-state index contributed by atoms with van der Waals surface area (Å²) in [6.45, 7) is 1.48. The molecule has 0 bridgehead atoms. The summed E-state index contributed by atoms with van der Waals surface area (Å²) in [6.07, 6.45) is 0. The van der Waals surface area contributed by atoms with E-state index in [2.05, 4.69) is 4.98 Å². The lowest BCUT2D eigenvalue weighted by molar-refractivity contribution is 0.0992. The Bertz CT molecular complexity index is 1240. The summed E-state index contributed by atoms with van der Waals surface area (Å²) in [5, 5.41) is 0.591. The van der Waals surface area contributed by atoms with E-state index >= 15 is 0 Å². The molecule has 0 amide bonds. The highest BCUT2D eigenvalue weighted by molar-refractivity contribution is 6.30. The average Bonchev–Trinajstić information content (AvgIpc) is 3.21. The summed E-state index contributed by atoms with van der Waals surface area (Å²) < 4.78 is 5.20. The van der Waals surface area contributed by atoms with Gasteiger partial charge in [-0.2, -0.15) is 0 Å². The SMILES string of the molecule is COc1ccc(C(=O)c2c(-c3ccc(Cl)cc3)[nH]c(-c3ccccc3)c2C(C)=O)cc1. The van der Waals surface area contributed by atoms with Gasteiger partial charge in [-0.05, 0) is 54.4 Å². The lowest BCUT2D eigenvalue weighted by atomic mass is 9.93. The van der Waals surface area contributed by atoms with Crippen molar-refractivity contribution in [2.75, 3.05) is 7.11 Å². The second kappa shape index (κ2) is 8.62. The van der Waals surface area contributed by atoms with E-state index in [1.807, 2.05) is 42.5 Å². The molecule has 4 aromatic rings. The van der Waals surface area contributed by atoms with Crippen LogP contribution >= 0.6 is 11.6 Å². The van der Waals surface area contributed by atoms with Gasteiger partial charge in [-0.1, -0.05) is 54.1 Å². The summed E-state index contributed by atoms with van der Waals surface area (Å²) in [7, 11) is 1.57. The number of ether oxygens (including phenoxy) is 1. The van der Waals surface area contributed by atoms with Gasteiger partial charge in [0.25, 0.3) is 0 Å². The summed E-state index contributed by atoms with van der Waals surface area (Å²) >= 11 is 6.07. The number of Topliss-reactive ketones (excluding diaryl/α,β-unsaturated/α-hetero) is 1. The molecule has 1 N–H and O–H groups in total. The number of nitrogens with one attached hydrogen (secondary N) is 1. The first-order valence-electron chi connectivity index (χ1n) is 9.76. The second-order valence-electron chi connectivity index (χ2n) is 7.11. The van der Waals surface area contributed by atoms with Gasteiger partial charge in [-0.3, -0.25) is 9.59 Å². The molecule has 0 aliphatic heterocycles. The Morgan fingerprint density at radius 2 is 1.35 bits per heavy atom. The van der Waals surface area contributed by atoms with Crippen LogP contribution < -0.4 is 4.74 Å². The molecule has 5 heteroatoms. The van der Waals surface area contributed by atoms with Gasteiger partial charge in [0, 0.05) is 10.6 Å². The van der Waals surface area contributed by atoms with Crippen molar-refractivity contribution in [3.8, 4) is 28.3 Å². The van der Waals surface area contributed by atoms with E-state index in [4.69, 9.17) is 16.3 Å². The van der Waals surface area contributed by atoms with Gasteiger partial charge < -0.3 is 9.72 Å². The number of H-pyrrole nitrogens is 1. The molecule has 154 valence electrons. The quantitative estimate of drug-likeness (QED) is 0.358. The van der Waals surface area contributed by atoms with Crippen LogP contribution in [0.25, 0.3) is 22.5 Å². The van der Waals surface area contributed by atoms with Crippen molar-refractivity contribution in [1.82, 2.24) is 4.98 Å². The first-order valence-corrected chi connectivity index (χ1v) is 10.1. The maximum absolute atomic E-state index is 13.6. The van der Waals surface area contributed by atoms with Gasteiger partial charge in [0.15, 0.2) is 11.6 Å². The molecule has 4 nitrogen and oxygen atoms in total. The van der Waals surface area contributed by atoms with Gasteiger partial charge in [0.2, 0.25) is 0 Å². The Labute approximate surface area is 185 Å². The van der Waals surface area contributed by atoms with Gasteiger partial charge in [-0.15, -0.1) is 0 Å². The monoisotopic (exact) mass is 429 g/mol. The van der Waals surface area contributed by atoms with Gasteiger partial charge in [-0.25, -0.2) is 0 Å². The van der Waals surface area contributed by atoms with E-state index in [1.54, 1.807) is 43.5 Å². The molecule has 0 saturated carbocycles. The molecule has 31 heavy (non-hydrogen) atoms. The Hall–Kier alpha value is -3.63. The summed E-state index contributed by atoms with van der Waals surface area (Å²) in [5.41, 5.74) is 3.99. The Morgan fingerprint density at radius 3 is 1.94 bits per heavy atom. The number of rotatable bonds is 6. The van der Waals surface area contributed by atoms with Crippen molar-refractivity contribution in [2.24, 2.45) is 0 Å². The Morgan fingerprint density at radius 1 is 0.774 bits per heavy atom. The van der Waals surface area contributed by atoms with Crippen LogP contribution in [-0.2, 0) is 0 Å². The minimum Gasteiger partial charge on any atom is -0.497 e. The van der Waals surface area contributed by atoms with Crippen molar-refractivity contribution < 1.29 is 14.3 Å². The van der Waals surface area contributed by atoms with Crippen LogP contribution in [0.3, 0.4) is 0 Å². The van der Waals surface area contributed by atoms with E-state index < -0.39 is 0 Å². The first-order chi connectivity index (χ1) is 15.0.